The molecular weight excluding hydrogens is 248 g/mol. The summed E-state index contributed by atoms with van der Waals surface area (Å²) in [6.45, 7) is 2.81. The summed E-state index contributed by atoms with van der Waals surface area (Å²) in [4.78, 5) is 8.80. The average Bonchev–Trinajstić information content (AvgIpc) is 2.85. The van der Waals surface area contributed by atoms with Gasteiger partial charge in [-0.05, 0) is 36.2 Å². The first-order chi connectivity index (χ1) is 8.76. The lowest BCUT2D eigenvalue weighted by molar-refractivity contribution is 0.357. The molecule has 1 aromatic carbocycles. The van der Waals surface area contributed by atoms with Crippen LogP contribution in [-0.4, -0.2) is 16.6 Å². The molecule has 0 radical (unpaired) electrons. The number of ether oxygens (including phenoxy) is 1. The summed E-state index contributed by atoms with van der Waals surface area (Å²) in [5, 5.41) is 0.494. The van der Waals surface area contributed by atoms with Gasteiger partial charge in [0.25, 0.3) is 0 Å². The molecule has 18 heavy (non-hydrogen) atoms. The van der Waals surface area contributed by atoms with Crippen LogP contribution in [0.3, 0.4) is 0 Å². The lowest BCUT2D eigenvalue weighted by Gasteiger charge is -2.05. The third-order valence-electron chi connectivity index (χ3n) is 3.06. The quantitative estimate of drug-likeness (QED) is 0.777. The molecule has 2 aromatic rings. The monoisotopic (exact) mass is 260 g/mol. The second kappa shape index (κ2) is 4.58. The van der Waals surface area contributed by atoms with E-state index in [0.717, 1.165) is 36.5 Å². The molecule has 0 N–H and O–H groups in total. The molecule has 2 heterocycles. The molecule has 0 spiro atoms. The highest BCUT2D eigenvalue weighted by Crippen LogP contribution is 2.29. The normalized spacial score (nSPS) is 13.2. The number of hydrogen-bond donors (Lipinski definition) is 0. The summed E-state index contributed by atoms with van der Waals surface area (Å²) in [7, 11) is 0. The fourth-order valence-corrected chi connectivity index (χ4v) is 2.31. The van der Waals surface area contributed by atoms with Crippen LogP contribution in [0.25, 0.3) is 11.4 Å². The summed E-state index contributed by atoms with van der Waals surface area (Å²) in [5.74, 6) is 1.66. The van der Waals surface area contributed by atoms with Gasteiger partial charge < -0.3 is 4.74 Å². The first-order valence-corrected chi connectivity index (χ1v) is 6.43. The van der Waals surface area contributed by atoms with Gasteiger partial charge in [-0.25, -0.2) is 9.97 Å². The first-order valence-electron chi connectivity index (χ1n) is 6.06. The summed E-state index contributed by atoms with van der Waals surface area (Å²) in [6, 6.07) is 7.86. The van der Waals surface area contributed by atoms with Gasteiger partial charge in [-0.15, -0.1) is 0 Å². The van der Waals surface area contributed by atoms with Crippen molar-refractivity contribution in [1.82, 2.24) is 9.97 Å². The molecule has 0 atom stereocenters. The van der Waals surface area contributed by atoms with Gasteiger partial charge in [-0.3, -0.25) is 0 Å². The van der Waals surface area contributed by atoms with Gasteiger partial charge in [-0.2, -0.15) is 0 Å². The molecule has 0 fully saturated rings. The van der Waals surface area contributed by atoms with Crippen LogP contribution < -0.4 is 4.74 Å². The zero-order valence-corrected chi connectivity index (χ0v) is 10.9. The van der Waals surface area contributed by atoms with Crippen molar-refractivity contribution in [3.8, 4) is 17.1 Å². The number of benzene rings is 1. The average molecular weight is 261 g/mol. The second-order valence-corrected chi connectivity index (χ2v) is 4.67. The molecule has 1 aliphatic rings. The summed E-state index contributed by atoms with van der Waals surface area (Å²) in [6.07, 6.45) is 1.80. The molecule has 0 unspecified atom stereocenters. The largest absolute Gasteiger partial charge is 0.493 e. The van der Waals surface area contributed by atoms with Crippen molar-refractivity contribution in [2.75, 3.05) is 6.61 Å². The molecule has 1 aromatic heterocycles. The molecule has 0 saturated carbocycles. The smallest absolute Gasteiger partial charge is 0.161 e. The van der Waals surface area contributed by atoms with Crippen molar-refractivity contribution >= 4 is 11.6 Å². The predicted octanol–water partition coefficient (Wildman–Crippen LogP) is 3.29. The maximum absolute atomic E-state index is 6.02. The van der Waals surface area contributed by atoms with Crippen LogP contribution in [0.5, 0.6) is 5.75 Å². The Morgan fingerprint density at radius 3 is 3.00 bits per heavy atom. The minimum absolute atomic E-state index is 0.494. The van der Waals surface area contributed by atoms with Crippen LogP contribution in [0.15, 0.2) is 24.3 Å². The maximum Gasteiger partial charge on any atom is 0.161 e. The van der Waals surface area contributed by atoms with Gasteiger partial charge in [0.1, 0.15) is 10.9 Å². The number of hydrogen-bond acceptors (Lipinski definition) is 3. The Morgan fingerprint density at radius 1 is 1.28 bits per heavy atom. The molecule has 4 heteroatoms. The van der Waals surface area contributed by atoms with Gasteiger partial charge in [-0.1, -0.05) is 18.5 Å². The number of aromatic nitrogens is 2. The summed E-state index contributed by atoms with van der Waals surface area (Å²) in [5.41, 5.74) is 3.17. The minimum atomic E-state index is 0.494. The lowest BCUT2D eigenvalue weighted by atomic mass is 10.1. The zero-order valence-electron chi connectivity index (χ0n) is 10.1. The highest BCUT2D eigenvalue weighted by Gasteiger charge is 2.14. The molecule has 92 valence electrons. The van der Waals surface area contributed by atoms with Crippen molar-refractivity contribution < 1.29 is 4.74 Å². The Kier molecular flexibility index (Phi) is 2.92. The van der Waals surface area contributed by atoms with E-state index in [-0.39, 0.29) is 0 Å². The molecule has 3 nitrogen and oxygen atoms in total. The second-order valence-electron chi connectivity index (χ2n) is 4.28. The van der Waals surface area contributed by atoms with E-state index in [1.165, 1.54) is 5.56 Å². The van der Waals surface area contributed by atoms with Crippen LogP contribution in [0.1, 0.15) is 18.2 Å². The van der Waals surface area contributed by atoms with Crippen molar-refractivity contribution in [1.29, 1.82) is 0 Å². The Morgan fingerprint density at radius 2 is 2.17 bits per heavy atom. The van der Waals surface area contributed by atoms with Crippen molar-refractivity contribution in [3.05, 3.63) is 40.7 Å². The fraction of sp³-hybridized carbons (Fsp3) is 0.286. The fourth-order valence-electron chi connectivity index (χ4n) is 2.10. The van der Waals surface area contributed by atoms with Crippen LogP contribution >= 0.6 is 11.6 Å². The third-order valence-corrected chi connectivity index (χ3v) is 3.25. The topological polar surface area (TPSA) is 35.0 Å². The van der Waals surface area contributed by atoms with E-state index >= 15 is 0 Å². The number of nitrogens with zero attached hydrogens (tertiary/aromatic N) is 2. The van der Waals surface area contributed by atoms with Crippen LogP contribution in [0.2, 0.25) is 5.15 Å². The molecule has 0 bridgehead atoms. The molecule has 0 aliphatic carbocycles. The van der Waals surface area contributed by atoms with E-state index in [2.05, 4.69) is 23.0 Å². The SMILES string of the molecule is CCc1cc(Cl)nc(-c2ccc3c(c2)CCO3)n1. The Balaban J connectivity index is 2.06. The van der Waals surface area contributed by atoms with E-state index in [9.17, 15) is 0 Å². The van der Waals surface area contributed by atoms with Crippen LogP contribution in [0.4, 0.5) is 0 Å². The van der Waals surface area contributed by atoms with E-state index in [4.69, 9.17) is 16.3 Å². The van der Waals surface area contributed by atoms with Gasteiger partial charge in [0, 0.05) is 17.7 Å². The zero-order chi connectivity index (χ0) is 12.5. The lowest BCUT2D eigenvalue weighted by Crippen LogP contribution is -1.95. The Labute approximate surface area is 111 Å². The summed E-state index contributed by atoms with van der Waals surface area (Å²) >= 11 is 6.02. The van der Waals surface area contributed by atoms with E-state index in [0.29, 0.717) is 11.0 Å². The molecular formula is C14H13ClN2O. The maximum atomic E-state index is 6.02. The Hall–Kier alpha value is -1.61. The number of fused-ring (bicyclic) bond motifs is 1. The number of rotatable bonds is 2. The minimum Gasteiger partial charge on any atom is -0.493 e. The molecule has 0 amide bonds. The first kappa shape index (κ1) is 11.5. The van der Waals surface area contributed by atoms with Crippen LogP contribution in [0, 0.1) is 0 Å². The van der Waals surface area contributed by atoms with Gasteiger partial charge in [0.05, 0.1) is 6.61 Å². The Bertz CT molecular complexity index is 598. The highest BCUT2D eigenvalue weighted by molar-refractivity contribution is 6.29. The number of aryl methyl sites for hydroxylation is 1. The number of halogens is 1. The predicted molar refractivity (Wildman–Crippen MR) is 71.1 cm³/mol. The molecule has 3 rings (SSSR count). The van der Waals surface area contributed by atoms with Crippen molar-refractivity contribution in [2.45, 2.75) is 19.8 Å². The van der Waals surface area contributed by atoms with E-state index in [1.807, 2.05) is 18.2 Å². The van der Waals surface area contributed by atoms with Gasteiger partial charge in [0.15, 0.2) is 5.82 Å². The third kappa shape index (κ3) is 2.06. The molecule has 1 aliphatic heterocycles. The summed E-state index contributed by atoms with van der Waals surface area (Å²) < 4.78 is 5.49. The van der Waals surface area contributed by atoms with Gasteiger partial charge >= 0.3 is 0 Å². The van der Waals surface area contributed by atoms with E-state index in [1.54, 1.807) is 0 Å². The van der Waals surface area contributed by atoms with Crippen molar-refractivity contribution in [3.63, 3.8) is 0 Å². The van der Waals surface area contributed by atoms with Gasteiger partial charge in [0.2, 0.25) is 0 Å². The molecule has 0 saturated heterocycles. The highest BCUT2D eigenvalue weighted by atomic mass is 35.5. The van der Waals surface area contributed by atoms with Crippen molar-refractivity contribution in [2.24, 2.45) is 0 Å². The van der Waals surface area contributed by atoms with E-state index < -0.39 is 0 Å². The van der Waals surface area contributed by atoms with Crippen LogP contribution in [-0.2, 0) is 12.8 Å². The standard InChI is InChI=1S/C14H13ClN2O/c1-2-11-8-13(15)17-14(16-11)10-3-4-12-9(7-10)5-6-18-12/h3-4,7-8H,2,5-6H2,1H3.